The molecule has 0 aromatic heterocycles. The first-order chi connectivity index (χ1) is 10.6. The lowest BCUT2D eigenvalue weighted by Gasteiger charge is -2.07. The van der Waals surface area contributed by atoms with Gasteiger partial charge in [0, 0.05) is 0 Å². The highest BCUT2D eigenvalue weighted by molar-refractivity contribution is 5.99. The van der Waals surface area contributed by atoms with E-state index in [1.165, 1.54) is 5.57 Å². The predicted octanol–water partition coefficient (Wildman–Crippen LogP) is 4.93. The maximum Gasteiger partial charge on any atom is 0.259 e. The highest BCUT2D eigenvalue weighted by atomic mass is 16.5. The lowest BCUT2D eigenvalue weighted by atomic mass is 10.2. The number of carbonyl (C=O) groups excluding carboxylic acids is 1. The van der Waals surface area contributed by atoms with Gasteiger partial charge in [0.25, 0.3) is 5.91 Å². The van der Waals surface area contributed by atoms with Crippen molar-refractivity contribution in [3.63, 3.8) is 0 Å². The fourth-order valence-electron chi connectivity index (χ4n) is 1.85. The van der Waals surface area contributed by atoms with Gasteiger partial charge in [-0.1, -0.05) is 31.6 Å². The average molecular weight is 301 g/mol. The van der Waals surface area contributed by atoms with E-state index in [4.69, 9.17) is 4.74 Å². The Hall–Kier alpha value is -2.29. The molecule has 120 valence electrons. The molecule has 2 aliphatic rings. The van der Waals surface area contributed by atoms with Gasteiger partial charge in [-0.15, -0.1) is 13.2 Å². The van der Waals surface area contributed by atoms with Crippen LogP contribution >= 0.6 is 0 Å². The molecule has 0 atom stereocenters. The minimum atomic E-state index is -0.128. The third kappa shape index (κ3) is 5.24. The Morgan fingerprint density at radius 2 is 1.86 bits per heavy atom. The number of hydrogen-bond acceptors (Lipinski definition) is 2. The van der Waals surface area contributed by atoms with Crippen LogP contribution in [0.5, 0.6) is 0 Å². The number of ether oxygens (including phenoxy) is 1. The third-order valence-electron chi connectivity index (χ3n) is 2.88. The van der Waals surface area contributed by atoms with E-state index >= 15 is 0 Å². The third-order valence-corrected chi connectivity index (χ3v) is 2.88. The minimum absolute atomic E-state index is 0.128. The van der Waals surface area contributed by atoms with E-state index in [0.717, 1.165) is 6.42 Å². The number of amides is 1. The van der Waals surface area contributed by atoms with Crippen LogP contribution in [0.1, 0.15) is 41.0 Å². The second-order valence-corrected chi connectivity index (χ2v) is 4.39. The first-order valence-corrected chi connectivity index (χ1v) is 7.52. The zero-order valence-electron chi connectivity index (χ0n) is 14.3. The highest BCUT2D eigenvalue weighted by Gasteiger charge is 2.23. The molecule has 1 amide bonds. The van der Waals surface area contributed by atoms with Crippen LogP contribution in [0, 0.1) is 0 Å². The molecule has 0 saturated heterocycles. The van der Waals surface area contributed by atoms with Crippen molar-refractivity contribution >= 4 is 5.91 Å². The van der Waals surface area contributed by atoms with Gasteiger partial charge in [-0.2, -0.15) is 0 Å². The first-order valence-electron chi connectivity index (χ1n) is 7.52. The van der Waals surface area contributed by atoms with Gasteiger partial charge in [0.05, 0.1) is 11.3 Å². The first kappa shape index (κ1) is 19.7. The maximum absolute atomic E-state index is 12.1. The van der Waals surface area contributed by atoms with Crippen molar-refractivity contribution in [2.24, 2.45) is 0 Å². The van der Waals surface area contributed by atoms with Gasteiger partial charge in [-0.3, -0.25) is 4.79 Å². The summed E-state index contributed by atoms with van der Waals surface area (Å²) in [5.41, 5.74) is 2.48. The SMILES string of the molecule is C/C=C\C1=C(C)OC2=CCC(C)=CC=C2C(=O)N1.C=C.CC. The molecule has 0 radical (unpaired) electrons. The average Bonchev–Trinajstić information content (AvgIpc) is 2.78. The van der Waals surface area contributed by atoms with Crippen LogP contribution in [0.15, 0.2) is 71.9 Å². The van der Waals surface area contributed by atoms with Gasteiger partial charge in [0.1, 0.15) is 11.5 Å². The summed E-state index contributed by atoms with van der Waals surface area (Å²) in [6.07, 6.45) is 10.2. The number of carbonyl (C=O) groups is 1. The molecule has 22 heavy (non-hydrogen) atoms. The summed E-state index contributed by atoms with van der Waals surface area (Å²) in [6.45, 7) is 15.8. The second-order valence-electron chi connectivity index (χ2n) is 4.39. The van der Waals surface area contributed by atoms with Crippen LogP contribution in [0.25, 0.3) is 0 Å². The molecule has 0 unspecified atom stereocenters. The van der Waals surface area contributed by atoms with Crippen molar-refractivity contribution in [1.29, 1.82) is 0 Å². The number of fused-ring (bicyclic) bond motifs is 1. The van der Waals surface area contributed by atoms with Crippen LogP contribution in [-0.4, -0.2) is 5.91 Å². The topological polar surface area (TPSA) is 38.3 Å². The number of rotatable bonds is 1. The molecule has 1 N–H and O–H groups in total. The Bertz CT molecular complexity index is 546. The molecule has 0 spiro atoms. The summed E-state index contributed by atoms with van der Waals surface area (Å²) >= 11 is 0. The second kappa shape index (κ2) is 10.4. The Morgan fingerprint density at radius 1 is 1.23 bits per heavy atom. The normalized spacial score (nSPS) is 17.0. The molecule has 0 bridgehead atoms. The number of allylic oxidation sites excluding steroid dienone is 7. The van der Waals surface area contributed by atoms with Crippen LogP contribution < -0.4 is 5.32 Å². The lowest BCUT2D eigenvalue weighted by molar-refractivity contribution is -0.116. The Balaban J connectivity index is 0.00000102. The van der Waals surface area contributed by atoms with Crippen molar-refractivity contribution < 1.29 is 9.53 Å². The summed E-state index contributed by atoms with van der Waals surface area (Å²) in [4.78, 5) is 12.1. The highest BCUT2D eigenvalue weighted by Crippen LogP contribution is 2.25. The van der Waals surface area contributed by atoms with E-state index in [9.17, 15) is 4.79 Å². The zero-order valence-corrected chi connectivity index (χ0v) is 14.3. The largest absolute Gasteiger partial charge is 0.459 e. The van der Waals surface area contributed by atoms with Crippen LogP contribution in [0.3, 0.4) is 0 Å². The summed E-state index contributed by atoms with van der Waals surface area (Å²) in [7, 11) is 0. The van der Waals surface area contributed by atoms with Crippen molar-refractivity contribution in [3.8, 4) is 0 Å². The number of hydrogen-bond donors (Lipinski definition) is 1. The van der Waals surface area contributed by atoms with Gasteiger partial charge < -0.3 is 10.1 Å². The molecule has 0 fully saturated rings. The maximum atomic E-state index is 12.1. The van der Waals surface area contributed by atoms with E-state index in [2.05, 4.69) is 18.5 Å². The van der Waals surface area contributed by atoms with Crippen molar-refractivity contribution in [2.75, 3.05) is 0 Å². The molecule has 2 rings (SSSR count). The summed E-state index contributed by atoms with van der Waals surface area (Å²) in [5.74, 6) is 1.21. The van der Waals surface area contributed by atoms with Crippen LogP contribution in [0.2, 0.25) is 0 Å². The molecule has 3 heteroatoms. The number of nitrogens with one attached hydrogen (secondary N) is 1. The molecule has 0 saturated carbocycles. The van der Waals surface area contributed by atoms with Gasteiger partial charge in [0.2, 0.25) is 0 Å². The quantitative estimate of drug-likeness (QED) is 0.697. The van der Waals surface area contributed by atoms with Gasteiger partial charge in [-0.25, -0.2) is 0 Å². The summed E-state index contributed by atoms with van der Waals surface area (Å²) in [5, 5.41) is 2.86. The van der Waals surface area contributed by atoms with Crippen LogP contribution in [0.4, 0.5) is 0 Å². The molecule has 3 nitrogen and oxygen atoms in total. The van der Waals surface area contributed by atoms with Crippen LogP contribution in [-0.2, 0) is 9.53 Å². The molecule has 1 aliphatic heterocycles. The monoisotopic (exact) mass is 301 g/mol. The smallest absolute Gasteiger partial charge is 0.259 e. The molecule has 0 aromatic rings. The van der Waals surface area contributed by atoms with E-state index in [-0.39, 0.29) is 5.91 Å². The molecular formula is C19H27NO2. The fraction of sp³-hybridized carbons (Fsp3) is 0.316. The van der Waals surface area contributed by atoms with E-state index in [1.54, 1.807) is 0 Å². The van der Waals surface area contributed by atoms with Crippen molar-refractivity contribution in [3.05, 3.63) is 71.9 Å². The zero-order chi connectivity index (χ0) is 17.1. The van der Waals surface area contributed by atoms with E-state index < -0.39 is 0 Å². The van der Waals surface area contributed by atoms with Gasteiger partial charge in [0.15, 0.2) is 0 Å². The molecule has 1 heterocycles. The predicted molar refractivity (Wildman–Crippen MR) is 93.9 cm³/mol. The molecule has 0 aromatic carbocycles. The summed E-state index contributed by atoms with van der Waals surface area (Å²) < 4.78 is 5.78. The lowest BCUT2D eigenvalue weighted by Crippen LogP contribution is -2.22. The van der Waals surface area contributed by atoms with Gasteiger partial charge >= 0.3 is 0 Å². The van der Waals surface area contributed by atoms with Crippen molar-refractivity contribution in [2.45, 2.75) is 41.0 Å². The molecule has 1 aliphatic carbocycles. The Labute approximate surface area is 134 Å². The van der Waals surface area contributed by atoms with E-state index in [0.29, 0.717) is 22.8 Å². The van der Waals surface area contributed by atoms with Crippen molar-refractivity contribution in [1.82, 2.24) is 5.32 Å². The Kier molecular flexibility index (Phi) is 9.35. The Morgan fingerprint density at radius 3 is 2.45 bits per heavy atom. The fourth-order valence-corrected chi connectivity index (χ4v) is 1.85. The molecular weight excluding hydrogens is 274 g/mol. The summed E-state index contributed by atoms with van der Waals surface area (Å²) in [6, 6.07) is 0. The standard InChI is InChI=1S/C15H17NO2.C2H6.C2H4/c1-4-5-13-11(3)18-14-9-7-10(2)6-8-12(14)15(17)16-13;2*1-2/h4-6,8-9H,7H2,1-3H3,(H,16,17);1-2H3;1-2H2/b5-4-;;. The van der Waals surface area contributed by atoms with E-state index in [1.807, 2.05) is 65.0 Å². The minimum Gasteiger partial charge on any atom is -0.459 e. The van der Waals surface area contributed by atoms with Gasteiger partial charge in [-0.05, 0) is 45.4 Å².